The van der Waals surface area contributed by atoms with E-state index >= 15 is 0 Å². The third kappa shape index (κ3) is 10.2. The van der Waals surface area contributed by atoms with Crippen LogP contribution in [0, 0.1) is 0 Å². The van der Waals surface area contributed by atoms with Gasteiger partial charge in [0.05, 0.1) is 17.6 Å². The lowest BCUT2D eigenvalue weighted by atomic mass is 10.0. The fraction of sp³-hybridized carbons (Fsp3) is 0.324. The van der Waals surface area contributed by atoms with Gasteiger partial charge in [-0.15, -0.1) is 0 Å². The van der Waals surface area contributed by atoms with Crippen LogP contribution in [-0.2, 0) is 26.2 Å². The van der Waals surface area contributed by atoms with Gasteiger partial charge in [0.1, 0.15) is 11.9 Å². The summed E-state index contributed by atoms with van der Waals surface area (Å²) in [4.78, 5) is 27.1. The zero-order valence-electron chi connectivity index (χ0n) is 27.5. The number of anilines is 2. The predicted octanol–water partition coefficient (Wildman–Crippen LogP) is 5.55. The monoisotopic (exact) mass is 717 g/mol. The molecule has 1 atom stereocenters. The number of sulfonamides is 1. The number of pyridine rings is 1. The standard InChI is InChI=1S/C32H37N5O5S.C2HF3O2/c1-4-41-28-18-22(9-14-27(28)42-20(2)3)30(36-25-12-13-26-21(17-25)15-16-34-31(26)33)32(38)35-19-23-7-5-6-8-29(23)43(39,40)37-24-10-11-24;3-2(4,5)1(6)7/h5-9,12-18,20,24,30,36-37H,4,10-11,19H2,1-3H3,(H2,33,34)(H,35,38);(H,6,7). The highest BCUT2D eigenvalue weighted by molar-refractivity contribution is 7.89. The van der Waals surface area contributed by atoms with Gasteiger partial charge in [-0.2, -0.15) is 13.2 Å². The van der Waals surface area contributed by atoms with Gasteiger partial charge in [0, 0.05) is 29.9 Å². The van der Waals surface area contributed by atoms with Crippen molar-refractivity contribution in [2.45, 2.75) is 69.4 Å². The molecule has 1 amide bonds. The average molecular weight is 718 g/mol. The number of rotatable bonds is 13. The quantitative estimate of drug-likeness (QED) is 0.118. The van der Waals surface area contributed by atoms with Gasteiger partial charge in [-0.25, -0.2) is 22.9 Å². The van der Waals surface area contributed by atoms with Crippen molar-refractivity contribution in [3.63, 3.8) is 0 Å². The molecule has 1 saturated carbocycles. The number of fused-ring (bicyclic) bond motifs is 1. The topological polar surface area (TPSA) is 182 Å². The number of aromatic nitrogens is 1. The van der Waals surface area contributed by atoms with Crippen LogP contribution in [0.2, 0.25) is 0 Å². The van der Waals surface area contributed by atoms with Gasteiger partial charge in [0.2, 0.25) is 15.9 Å². The van der Waals surface area contributed by atoms with Crippen molar-refractivity contribution in [1.29, 1.82) is 0 Å². The first kappa shape index (κ1) is 37.7. The van der Waals surface area contributed by atoms with Crippen LogP contribution >= 0.6 is 0 Å². The number of nitrogens with one attached hydrogen (secondary N) is 3. The van der Waals surface area contributed by atoms with Gasteiger partial charge < -0.3 is 30.9 Å². The van der Waals surface area contributed by atoms with Crippen LogP contribution in [0.25, 0.3) is 10.8 Å². The highest BCUT2D eigenvalue weighted by Gasteiger charge is 2.38. The number of benzene rings is 3. The number of aliphatic carboxylic acids is 1. The highest BCUT2D eigenvalue weighted by atomic mass is 32.2. The highest BCUT2D eigenvalue weighted by Crippen LogP contribution is 2.34. The molecule has 1 aliphatic rings. The molecule has 1 aliphatic carbocycles. The molecule has 1 unspecified atom stereocenters. The molecule has 4 aromatic rings. The maximum absolute atomic E-state index is 13.9. The number of halogens is 3. The van der Waals surface area contributed by atoms with E-state index < -0.39 is 28.2 Å². The molecule has 1 aromatic heterocycles. The fourth-order valence-corrected chi connectivity index (χ4v) is 6.31. The third-order valence-corrected chi connectivity index (χ3v) is 8.81. The Labute approximate surface area is 287 Å². The van der Waals surface area contributed by atoms with E-state index in [1.54, 1.807) is 42.6 Å². The molecule has 0 spiro atoms. The number of nitrogens with zero attached hydrogens (tertiary/aromatic N) is 1. The van der Waals surface area contributed by atoms with Gasteiger partial charge in [-0.3, -0.25) is 4.79 Å². The summed E-state index contributed by atoms with van der Waals surface area (Å²) in [5, 5.41) is 15.1. The number of hydrogen-bond donors (Lipinski definition) is 5. The summed E-state index contributed by atoms with van der Waals surface area (Å²) < 4.78 is 72.3. The number of nitrogen functional groups attached to an aromatic ring is 1. The first-order valence-corrected chi connectivity index (χ1v) is 17.1. The summed E-state index contributed by atoms with van der Waals surface area (Å²) in [6.45, 7) is 6.19. The van der Waals surface area contributed by atoms with E-state index in [4.69, 9.17) is 25.1 Å². The lowest BCUT2D eigenvalue weighted by Gasteiger charge is -2.23. The normalized spacial score (nSPS) is 13.6. The fourth-order valence-electron chi connectivity index (χ4n) is 4.76. The second-order valence-corrected chi connectivity index (χ2v) is 13.2. The van der Waals surface area contributed by atoms with Crippen molar-refractivity contribution < 1.29 is 45.8 Å². The Balaban J connectivity index is 0.000000727. The number of nitrogens with two attached hydrogens (primary N) is 1. The van der Waals surface area contributed by atoms with E-state index in [1.165, 1.54) is 0 Å². The minimum absolute atomic E-state index is 0.0194. The van der Waals surface area contributed by atoms with Gasteiger partial charge in [0.15, 0.2) is 11.5 Å². The second kappa shape index (κ2) is 16.1. The third-order valence-electron chi connectivity index (χ3n) is 7.19. The zero-order valence-corrected chi connectivity index (χ0v) is 28.3. The van der Waals surface area contributed by atoms with Crippen molar-refractivity contribution in [2.24, 2.45) is 0 Å². The summed E-state index contributed by atoms with van der Waals surface area (Å²) in [6, 6.07) is 18.7. The molecule has 50 heavy (non-hydrogen) atoms. The molecule has 6 N–H and O–H groups in total. The smallest absolute Gasteiger partial charge is 0.490 e. The minimum Gasteiger partial charge on any atom is -0.490 e. The SMILES string of the molecule is CCOc1cc(C(Nc2ccc3c(N)nccc3c2)C(=O)NCc2ccccc2S(=O)(=O)NC2CC2)ccc1OC(C)C.O=C(O)C(F)(F)F. The number of carboxylic acids is 1. The van der Waals surface area contributed by atoms with Crippen LogP contribution in [0.15, 0.2) is 77.8 Å². The Hall–Kier alpha value is -5.09. The van der Waals surface area contributed by atoms with E-state index in [1.807, 2.05) is 51.1 Å². The Morgan fingerprint density at radius 3 is 2.38 bits per heavy atom. The molecule has 12 nitrogen and oxygen atoms in total. The predicted molar refractivity (Wildman–Crippen MR) is 181 cm³/mol. The summed E-state index contributed by atoms with van der Waals surface area (Å²) in [6.07, 6.45) is -1.85. The zero-order chi connectivity index (χ0) is 36.6. The van der Waals surface area contributed by atoms with E-state index in [0.717, 1.165) is 23.6 Å². The van der Waals surface area contributed by atoms with Crippen LogP contribution in [0.5, 0.6) is 11.5 Å². The molecule has 0 saturated heterocycles. The summed E-state index contributed by atoms with van der Waals surface area (Å²) in [5.41, 5.74) is 7.86. The van der Waals surface area contributed by atoms with E-state index in [2.05, 4.69) is 20.3 Å². The second-order valence-electron chi connectivity index (χ2n) is 11.5. The summed E-state index contributed by atoms with van der Waals surface area (Å²) in [5.74, 6) is -1.58. The maximum Gasteiger partial charge on any atom is 0.490 e. The number of hydrogen-bond acceptors (Lipinski definition) is 9. The number of carbonyl (C=O) groups is 2. The lowest BCUT2D eigenvalue weighted by molar-refractivity contribution is -0.192. The van der Waals surface area contributed by atoms with Gasteiger partial charge in [-0.1, -0.05) is 24.3 Å². The van der Waals surface area contributed by atoms with E-state index in [9.17, 15) is 26.4 Å². The lowest BCUT2D eigenvalue weighted by Crippen LogP contribution is -2.34. The summed E-state index contributed by atoms with van der Waals surface area (Å²) in [7, 11) is -3.71. The van der Waals surface area contributed by atoms with Crippen LogP contribution in [-0.4, -0.2) is 55.3 Å². The molecule has 0 bridgehead atoms. The molecule has 0 radical (unpaired) electrons. The maximum atomic E-state index is 13.9. The minimum atomic E-state index is -5.08. The Morgan fingerprint density at radius 2 is 1.74 bits per heavy atom. The van der Waals surface area contributed by atoms with E-state index in [0.29, 0.717) is 40.7 Å². The van der Waals surface area contributed by atoms with Crippen molar-refractivity contribution in [1.82, 2.24) is 15.0 Å². The Morgan fingerprint density at radius 1 is 1.04 bits per heavy atom. The average Bonchev–Trinajstić information content (AvgIpc) is 3.86. The molecular weight excluding hydrogens is 679 g/mol. The molecular formula is C34H38F3N5O7S. The molecule has 1 fully saturated rings. The number of ether oxygens (including phenoxy) is 2. The number of amides is 1. The van der Waals surface area contributed by atoms with Crippen LogP contribution < -0.4 is 30.6 Å². The largest absolute Gasteiger partial charge is 0.490 e. The first-order valence-electron chi connectivity index (χ1n) is 15.6. The summed E-state index contributed by atoms with van der Waals surface area (Å²) >= 11 is 0. The molecule has 16 heteroatoms. The van der Waals surface area contributed by atoms with Crippen molar-refractivity contribution >= 4 is 44.2 Å². The van der Waals surface area contributed by atoms with Crippen molar-refractivity contribution in [3.8, 4) is 11.5 Å². The number of carbonyl (C=O) groups excluding carboxylic acids is 1. The van der Waals surface area contributed by atoms with Gasteiger partial charge in [-0.05, 0) is 92.6 Å². The van der Waals surface area contributed by atoms with Crippen LogP contribution in [0.4, 0.5) is 24.7 Å². The molecule has 0 aliphatic heterocycles. The molecule has 268 valence electrons. The molecule has 5 rings (SSSR count). The van der Waals surface area contributed by atoms with Crippen molar-refractivity contribution in [2.75, 3.05) is 17.7 Å². The number of alkyl halides is 3. The van der Waals surface area contributed by atoms with Crippen LogP contribution in [0.1, 0.15) is 50.8 Å². The van der Waals surface area contributed by atoms with Gasteiger partial charge in [0.25, 0.3) is 0 Å². The van der Waals surface area contributed by atoms with Crippen molar-refractivity contribution in [3.05, 3.63) is 84.1 Å². The first-order chi connectivity index (χ1) is 23.6. The number of carboxylic acid groups (broad SMARTS) is 1. The Bertz CT molecular complexity index is 1940. The van der Waals surface area contributed by atoms with Crippen LogP contribution in [0.3, 0.4) is 0 Å². The van der Waals surface area contributed by atoms with Gasteiger partial charge >= 0.3 is 12.1 Å². The molecule has 1 heterocycles. The van der Waals surface area contributed by atoms with E-state index in [-0.39, 0.29) is 29.5 Å². The Kier molecular flexibility index (Phi) is 12.1. The molecule has 3 aromatic carbocycles.